The highest BCUT2D eigenvalue weighted by atomic mass is 16.5. The van der Waals surface area contributed by atoms with Gasteiger partial charge in [-0.25, -0.2) is 4.79 Å². The second-order valence-corrected chi connectivity index (χ2v) is 6.63. The predicted octanol–water partition coefficient (Wildman–Crippen LogP) is 4.95. The Labute approximate surface area is 165 Å². The molecule has 0 fully saturated rings. The third kappa shape index (κ3) is 3.41. The first-order valence-corrected chi connectivity index (χ1v) is 9.49. The van der Waals surface area contributed by atoms with Crippen LogP contribution in [0.5, 0.6) is 0 Å². The fourth-order valence-corrected chi connectivity index (χ4v) is 3.69. The van der Waals surface area contributed by atoms with Crippen molar-refractivity contribution < 1.29 is 9.53 Å². The molecule has 4 heteroatoms. The van der Waals surface area contributed by atoms with Crippen LogP contribution in [0.4, 0.5) is 5.69 Å². The lowest BCUT2D eigenvalue weighted by Crippen LogP contribution is -2.27. The van der Waals surface area contributed by atoms with Gasteiger partial charge in [-0.05, 0) is 30.2 Å². The van der Waals surface area contributed by atoms with Gasteiger partial charge in [0, 0.05) is 0 Å². The van der Waals surface area contributed by atoms with E-state index in [1.165, 1.54) is 0 Å². The van der Waals surface area contributed by atoms with Gasteiger partial charge in [-0.2, -0.15) is 5.10 Å². The Morgan fingerprint density at radius 1 is 0.857 bits per heavy atom. The summed E-state index contributed by atoms with van der Waals surface area (Å²) in [5.41, 5.74) is 3.52. The number of carbonyl (C=O) groups is 1. The number of benzene rings is 3. The minimum atomic E-state index is -0.365. The van der Waals surface area contributed by atoms with E-state index in [1.807, 2.05) is 90.8 Å². The number of anilines is 1. The van der Waals surface area contributed by atoms with Crippen molar-refractivity contribution in [3.8, 4) is 0 Å². The van der Waals surface area contributed by atoms with Crippen LogP contribution in [0.2, 0.25) is 0 Å². The lowest BCUT2D eigenvalue weighted by Gasteiger charge is -2.28. The molecule has 0 saturated heterocycles. The summed E-state index contributed by atoms with van der Waals surface area (Å²) in [5, 5.41) is 6.71. The first kappa shape index (κ1) is 18.0. The maximum atomic E-state index is 12.8. The third-order valence-electron chi connectivity index (χ3n) is 4.89. The molecule has 0 amide bonds. The minimum absolute atomic E-state index is 0.134. The van der Waals surface area contributed by atoms with E-state index in [0.717, 1.165) is 16.8 Å². The van der Waals surface area contributed by atoms with E-state index in [2.05, 4.69) is 12.1 Å². The van der Waals surface area contributed by atoms with E-state index in [-0.39, 0.29) is 17.9 Å². The van der Waals surface area contributed by atoms with Crippen molar-refractivity contribution in [1.82, 2.24) is 0 Å². The van der Waals surface area contributed by atoms with E-state index in [0.29, 0.717) is 12.3 Å². The monoisotopic (exact) mass is 370 g/mol. The van der Waals surface area contributed by atoms with Crippen LogP contribution >= 0.6 is 0 Å². The van der Waals surface area contributed by atoms with Crippen molar-refractivity contribution in [3.63, 3.8) is 0 Å². The Morgan fingerprint density at radius 3 is 1.96 bits per heavy atom. The molecular formula is C24H22N2O2. The normalized spacial score (nSPS) is 18.6. The molecule has 2 unspecified atom stereocenters. The molecule has 1 aliphatic heterocycles. The summed E-state index contributed by atoms with van der Waals surface area (Å²) in [6.45, 7) is 2.13. The van der Waals surface area contributed by atoms with Crippen molar-refractivity contribution in [2.45, 2.75) is 18.9 Å². The van der Waals surface area contributed by atoms with Gasteiger partial charge < -0.3 is 4.74 Å². The van der Waals surface area contributed by atoms with Crippen LogP contribution in [0.15, 0.2) is 96.1 Å². The van der Waals surface area contributed by atoms with E-state index < -0.39 is 0 Å². The molecule has 4 rings (SSSR count). The van der Waals surface area contributed by atoms with Crippen molar-refractivity contribution in [1.29, 1.82) is 0 Å². The van der Waals surface area contributed by atoms with Gasteiger partial charge in [0.25, 0.3) is 0 Å². The molecule has 4 nitrogen and oxygen atoms in total. The number of rotatable bonds is 5. The molecule has 0 N–H and O–H groups in total. The molecule has 28 heavy (non-hydrogen) atoms. The highest BCUT2D eigenvalue weighted by Gasteiger charge is 2.43. The Balaban J connectivity index is 1.88. The van der Waals surface area contributed by atoms with Gasteiger partial charge >= 0.3 is 5.97 Å². The Hall–Kier alpha value is -3.40. The first-order valence-electron chi connectivity index (χ1n) is 9.49. The highest BCUT2D eigenvalue weighted by Crippen LogP contribution is 2.44. The lowest BCUT2D eigenvalue weighted by molar-refractivity contribution is -0.135. The smallest absolute Gasteiger partial charge is 0.355 e. The Bertz CT molecular complexity index is 956. The summed E-state index contributed by atoms with van der Waals surface area (Å²) in [7, 11) is 0. The Kier molecular flexibility index (Phi) is 5.20. The standard InChI is InChI=1S/C24H22N2O2/c1-2-28-24(27)22-21(18-12-6-3-7-13-18)23(19-14-8-4-9-15-19)26(25-22)20-16-10-5-11-17-20/h3-17,21,23H,2H2,1H3. The van der Waals surface area contributed by atoms with E-state index >= 15 is 0 Å². The van der Waals surface area contributed by atoms with Crippen LogP contribution in [-0.4, -0.2) is 18.3 Å². The molecule has 3 aromatic rings. The van der Waals surface area contributed by atoms with Gasteiger partial charge in [0.15, 0.2) is 5.71 Å². The topological polar surface area (TPSA) is 41.9 Å². The van der Waals surface area contributed by atoms with Crippen molar-refractivity contribution in [3.05, 3.63) is 102 Å². The van der Waals surface area contributed by atoms with Gasteiger partial charge in [-0.1, -0.05) is 78.9 Å². The van der Waals surface area contributed by atoms with E-state index in [1.54, 1.807) is 0 Å². The number of hydrogen-bond donors (Lipinski definition) is 0. The molecule has 0 aromatic heterocycles. The summed E-state index contributed by atoms with van der Waals surface area (Å²) in [6, 6.07) is 30.1. The van der Waals surface area contributed by atoms with Crippen molar-refractivity contribution in [2.24, 2.45) is 5.10 Å². The van der Waals surface area contributed by atoms with Crippen molar-refractivity contribution in [2.75, 3.05) is 11.6 Å². The lowest BCUT2D eigenvalue weighted by atomic mass is 9.84. The molecule has 0 radical (unpaired) electrons. The summed E-state index contributed by atoms with van der Waals surface area (Å²) in [4.78, 5) is 12.8. The number of ether oxygens (including phenoxy) is 1. The zero-order valence-electron chi connectivity index (χ0n) is 15.7. The SMILES string of the molecule is CCOC(=O)C1=NN(c2ccccc2)C(c2ccccc2)C1c1ccccc1. The molecule has 0 saturated carbocycles. The maximum Gasteiger partial charge on any atom is 0.355 e. The van der Waals surface area contributed by atoms with Crippen LogP contribution in [0, 0.1) is 0 Å². The molecule has 140 valence electrons. The summed E-state index contributed by atoms with van der Waals surface area (Å²) < 4.78 is 5.35. The largest absolute Gasteiger partial charge is 0.461 e. The van der Waals surface area contributed by atoms with Crippen LogP contribution in [0.3, 0.4) is 0 Å². The van der Waals surface area contributed by atoms with Gasteiger partial charge in [0.2, 0.25) is 0 Å². The quantitative estimate of drug-likeness (QED) is 0.597. The number of esters is 1. The number of carbonyl (C=O) groups excluding carboxylic acids is 1. The fraction of sp³-hybridized carbons (Fsp3) is 0.167. The number of nitrogens with zero attached hydrogens (tertiary/aromatic N) is 2. The summed E-state index contributed by atoms with van der Waals surface area (Å²) >= 11 is 0. The average molecular weight is 370 g/mol. The van der Waals surface area contributed by atoms with Gasteiger partial charge in [-0.3, -0.25) is 5.01 Å². The predicted molar refractivity (Wildman–Crippen MR) is 111 cm³/mol. The second-order valence-electron chi connectivity index (χ2n) is 6.63. The highest BCUT2D eigenvalue weighted by molar-refractivity contribution is 6.39. The molecule has 3 aromatic carbocycles. The van der Waals surface area contributed by atoms with Crippen LogP contribution < -0.4 is 5.01 Å². The van der Waals surface area contributed by atoms with Crippen LogP contribution in [-0.2, 0) is 9.53 Å². The first-order chi connectivity index (χ1) is 13.8. The molecule has 2 atom stereocenters. The van der Waals surface area contributed by atoms with E-state index in [9.17, 15) is 4.79 Å². The second kappa shape index (κ2) is 8.09. The summed E-state index contributed by atoms with van der Waals surface area (Å²) in [5.74, 6) is -0.585. The Morgan fingerprint density at radius 2 is 1.39 bits per heavy atom. The molecule has 0 spiro atoms. The molecule has 1 aliphatic rings. The molecular weight excluding hydrogens is 348 g/mol. The minimum Gasteiger partial charge on any atom is -0.461 e. The van der Waals surface area contributed by atoms with Crippen LogP contribution in [0.25, 0.3) is 0 Å². The average Bonchev–Trinajstić information content (AvgIpc) is 3.16. The molecule has 0 aliphatic carbocycles. The zero-order valence-corrected chi connectivity index (χ0v) is 15.7. The van der Waals surface area contributed by atoms with E-state index in [4.69, 9.17) is 9.84 Å². The number of hydrogen-bond acceptors (Lipinski definition) is 4. The molecule has 0 bridgehead atoms. The molecule has 1 heterocycles. The van der Waals surface area contributed by atoms with Gasteiger partial charge in [0.1, 0.15) is 0 Å². The van der Waals surface area contributed by atoms with Gasteiger partial charge in [0.05, 0.1) is 24.3 Å². The number of para-hydroxylation sites is 1. The fourth-order valence-electron chi connectivity index (χ4n) is 3.69. The van der Waals surface area contributed by atoms with Gasteiger partial charge in [-0.15, -0.1) is 0 Å². The zero-order chi connectivity index (χ0) is 19.3. The van der Waals surface area contributed by atoms with Crippen molar-refractivity contribution >= 4 is 17.4 Å². The summed E-state index contributed by atoms with van der Waals surface area (Å²) in [6.07, 6.45) is 0. The van der Waals surface area contributed by atoms with Crippen LogP contribution in [0.1, 0.15) is 30.0 Å². The third-order valence-corrected chi connectivity index (χ3v) is 4.89. The maximum absolute atomic E-state index is 12.8. The number of hydrazone groups is 1.